The Kier molecular flexibility index (Phi) is 3.15. The molecule has 0 saturated carbocycles. The van der Waals surface area contributed by atoms with Gasteiger partial charge in [0.25, 0.3) is 0 Å². The molecule has 16 heavy (non-hydrogen) atoms. The summed E-state index contributed by atoms with van der Waals surface area (Å²) in [6.45, 7) is 4.84. The van der Waals surface area contributed by atoms with Gasteiger partial charge >= 0.3 is 0 Å². The van der Waals surface area contributed by atoms with Crippen molar-refractivity contribution in [3.05, 3.63) is 41.2 Å². The zero-order chi connectivity index (χ0) is 11.5. The van der Waals surface area contributed by atoms with Gasteiger partial charge in [-0.15, -0.1) is 0 Å². The van der Waals surface area contributed by atoms with Gasteiger partial charge in [0.2, 0.25) is 5.95 Å². The average molecular weight is 236 g/mol. The Bertz CT molecular complexity index is 491. The van der Waals surface area contributed by atoms with E-state index < -0.39 is 0 Å². The van der Waals surface area contributed by atoms with E-state index in [0.29, 0.717) is 0 Å². The second kappa shape index (κ2) is 4.58. The van der Waals surface area contributed by atoms with Crippen LogP contribution in [-0.4, -0.2) is 16.1 Å². The van der Waals surface area contributed by atoms with Gasteiger partial charge in [-0.2, -0.15) is 0 Å². The quantitative estimate of drug-likeness (QED) is 0.885. The van der Waals surface area contributed by atoms with E-state index in [1.165, 1.54) is 0 Å². The SMILES string of the molecule is CCNc1nc(C)cn1-c1ccccc1Cl. The molecular weight excluding hydrogens is 222 g/mol. The fraction of sp³-hybridized carbons (Fsp3) is 0.250. The maximum Gasteiger partial charge on any atom is 0.207 e. The van der Waals surface area contributed by atoms with E-state index >= 15 is 0 Å². The maximum atomic E-state index is 6.16. The van der Waals surface area contributed by atoms with Crippen LogP contribution in [0.25, 0.3) is 5.69 Å². The van der Waals surface area contributed by atoms with Crippen molar-refractivity contribution in [2.24, 2.45) is 0 Å². The molecule has 1 N–H and O–H groups in total. The van der Waals surface area contributed by atoms with E-state index in [1.54, 1.807) is 0 Å². The van der Waals surface area contributed by atoms with Gasteiger partial charge in [0, 0.05) is 12.7 Å². The number of aryl methyl sites for hydroxylation is 1. The van der Waals surface area contributed by atoms with Gasteiger partial charge in [0.05, 0.1) is 16.4 Å². The van der Waals surface area contributed by atoms with E-state index in [1.807, 2.05) is 48.9 Å². The largest absolute Gasteiger partial charge is 0.356 e. The van der Waals surface area contributed by atoms with Gasteiger partial charge in [-0.1, -0.05) is 23.7 Å². The number of imidazole rings is 1. The van der Waals surface area contributed by atoms with Crippen LogP contribution >= 0.6 is 11.6 Å². The van der Waals surface area contributed by atoms with Gasteiger partial charge < -0.3 is 5.32 Å². The van der Waals surface area contributed by atoms with Crippen molar-refractivity contribution in [1.82, 2.24) is 9.55 Å². The van der Waals surface area contributed by atoms with E-state index in [9.17, 15) is 0 Å². The molecule has 2 aromatic rings. The zero-order valence-corrected chi connectivity index (χ0v) is 10.1. The summed E-state index contributed by atoms with van der Waals surface area (Å²) in [5.74, 6) is 0.827. The van der Waals surface area contributed by atoms with E-state index in [0.717, 1.165) is 28.9 Å². The molecule has 84 valence electrons. The van der Waals surface area contributed by atoms with E-state index in [-0.39, 0.29) is 0 Å². The molecule has 0 aliphatic carbocycles. The summed E-state index contributed by atoms with van der Waals surface area (Å²) in [7, 11) is 0. The predicted molar refractivity (Wildman–Crippen MR) is 67.5 cm³/mol. The molecule has 0 aliphatic rings. The third-order valence-corrected chi connectivity index (χ3v) is 2.59. The first-order valence-electron chi connectivity index (χ1n) is 5.27. The molecule has 3 nitrogen and oxygen atoms in total. The highest BCUT2D eigenvalue weighted by Crippen LogP contribution is 2.23. The van der Waals surface area contributed by atoms with Crippen molar-refractivity contribution in [3.8, 4) is 5.69 Å². The predicted octanol–water partition coefficient (Wildman–Crippen LogP) is 3.27. The number of rotatable bonds is 3. The van der Waals surface area contributed by atoms with Crippen LogP contribution in [0.5, 0.6) is 0 Å². The van der Waals surface area contributed by atoms with Crippen LogP contribution in [0.3, 0.4) is 0 Å². The van der Waals surface area contributed by atoms with Gasteiger partial charge in [-0.3, -0.25) is 4.57 Å². The number of hydrogen-bond donors (Lipinski definition) is 1. The molecular formula is C12H14ClN3. The summed E-state index contributed by atoms with van der Waals surface area (Å²) in [4.78, 5) is 4.41. The fourth-order valence-corrected chi connectivity index (χ4v) is 1.84. The van der Waals surface area contributed by atoms with Crippen molar-refractivity contribution in [3.63, 3.8) is 0 Å². The molecule has 0 bridgehead atoms. The Morgan fingerprint density at radius 2 is 2.12 bits per heavy atom. The highest BCUT2D eigenvalue weighted by atomic mass is 35.5. The molecule has 0 aliphatic heterocycles. The minimum atomic E-state index is 0.721. The third-order valence-electron chi connectivity index (χ3n) is 2.27. The first-order chi connectivity index (χ1) is 7.72. The van der Waals surface area contributed by atoms with Gasteiger partial charge in [0.15, 0.2) is 0 Å². The van der Waals surface area contributed by atoms with Crippen LogP contribution in [0.1, 0.15) is 12.6 Å². The van der Waals surface area contributed by atoms with Crippen LogP contribution in [0.15, 0.2) is 30.5 Å². The highest BCUT2D eigenvalue weighted by Gasteiger charge is 2.08. The summed E-state index contributed by atoms with van der Waals surface area (Å²) in [6.07, 6.45) is 1.97. The van der Waals surface area contributed by atoms with Crippen molar-refractivity contribution >= 4 is 17.5 Å². The number of benzene rings is 1. The van der Waals surface area contributed by atoms with Crippen molar-refractivity contribution in [2.75, 3.05) is 11.9 Å². The smallest absolute Gasteiger partial charge is 0.207 e. The molecule has 1 aromatic heterocycles. The number of hydrogen-bond acceptors (Lipinski definition) is 2. The number of anilines is 1. The van der Waals surface area contributed by atoms with Crippen molar-refractivity contribution in [1.29, 1.82) is 0 Å². The fourth-order valence-electron chi connectivity index (χ4n) is 1.61. The average Bonchev–Trinajstić information content (AvgIpc) is 2.61. The molecule has 4 heteroatoms. The lowest BCUT2D eigenvalue weighted by molar-refractivity contribution is 1.02. The van der Waals surface area contributed by atoms with Gasteiger partial charge in [-0.25, -0.2) is 4.98 Å². The molecule has 0 amide bonds. The maximum absolute atomic E-state index is 6.16. The van der Waals surface area contributed by atoms with Crippen LogP contribution in [0, 0.1) is 6.92 Å². The van der Waals surface area contributed by atoms with Crippen LogP contribution in [0.4, 0.5) is 5.95 Å². The van der Waals surface area contributed by atoms with Gasteiger partial charge in [-0.05, 0) is 26.0 Å². The summed E-state index contributed by atoms with van der Waals surface area (Å²) < 4.78 is 1.97. The van der Waals surface area contributed by atoms with Crippen LogP contribution < -0.4 is 5.32 Å². The Morgan fingerprint density at radius 1 is 1.38 bits per heavy atom. The molecule has 1 heterocycles. The Balaban J connectivity index is 2.51. The highest BCUT2D eigenvalue weighted by molar-refractivity contribution is 6.32. The van der Waals surface area contributed by atoms with E-state index in [2.05, 4.69) is 10.3 Å². The Hall–Kier alpha value is -1.48. The normalized spacial score (nSPS) is 10.4. The van der Waals surface area contributed by atoms with Gasteiger partial charge in [0.1, 0.15) is 0 Å². The molecule has 0 spiro atoms. The lowest BCUT2D eigenvalue weighted by Crippen LogP contribution is -2.05. The molecule has 0 radical (unpaired) electrons. The number of nitrogens with one attached hydrogen (secondary N) is 1. The van der Waals surface area contributed by atoms with Crippen LogP contribution in [0.2, 0.25) is 5.02 Å². The number of aromatic nitrogens is 2. The summed E-state index contributed by atoms with van der Waals surface area (Å²) in [6, 6.07) is 7.74. The number of nitrogens with zero attached hydrogens (tertiary/aromatic N) is 2. The minimum Gasteiger partial charge on any atom is -0.356 e. The van der Waals surface area contributed by atoms with E-state index in [4.69, 9.17) is 11.6 Å². The van der Waals surface area contributed by atoms with Crippen molar-refractivity contribution in [2.45, 2.75) is 13.8 Å². The molecule has 0 saturated heterocycles. The topological polar surface area (TPSA) is 29.9 Å². The summed E-state index contributed by atoms with van der Waals surface area (Å²) in [5, 5.41) is 3.94. The first-order valence-corrected chi connectivity index (χ1v) is 5.65. The lowest BCUT2D eigenvalue weighted by atomic mass is 10.3. The monoisotopic (exact) mass is 235 g/mol. The molecule has 0 unspecified atom stereocenters. The van der Waals surface area contributed by atoms with Crippen molar-refractivity contribution < 1.29 is 0 Å². The Morgan fingerprint density at radius 3 is 2.81 bits per heavy atom. The summed E-state index contributed by atoms with van der Waals surface area (Å²) >= 11 is 6.16. The third kappa shape index (κ3) is 2.04. The second-order valence-electron chi connectivity index (χ2n) is 3.56. The number of halogens is 1. The summed E-state index contributed by atoms with van der Waals surface area (Å²) in [5.41, 5.74) is 1.91. The minimum absolute atomic E-state index is 0.721. The second-order valence-corrected chi connectivity index (χ2v) is 3.96. The lowest BCUT2D eigenvalue weighted by Gasteiger charge is -2.09. The Labute approximate surface area is 100 Å². The molecule has 1 aromatic carbocycles. The standard InChI is InChI=1S/C12H14ClN3/c1-3-14-12-15-9(2)8-16(12)11-7-5-4-6-10(11)13/h4-8H,3H2,1-2H3,(H,14,15). The number of para-hydroxylation sites is 1. The molecule has 0 fully saturated rings. The first kappa shape index (κ1) is 11.0. The van der Waals surface area contributed by atoms with Crippen LogP contribution in [-0.2, 0) is 0 Å². The zero-order valence-electron chi connectivity index (χ0n) is 9.37. The molecule has 0 atom stereocenters. The molecule has 2 rings (SSSR count).